The Bertz CT molecular complexity index is 1500. The second-order valence-electron chi connectivity index (χ2n) is 9.69. The topological polar surface area (TPSA) is 82.5 Å². The Morgan fingerprint density at radius 3 is 2.34 bits per heavy atom. The van der Waals surface area contributed by atoms with Gasteiger partial charge in [-0.1, -0.05) is 30.3 Å². The maximum Gasteiger partial charge on any atom is 0.326 e. The van der Waals surface area contributed by atoms with Crippen molar-refractivity contribution in [2.45, 2.75) is 32.5 Å². The van der Waals surface area contributed by atoms with Crippen LogP contribution in [0.25, 0.3) is 11.1 Å². The number of aromatic nitrogens is 1. The molecule has 0 bridgehead atoms. The fraction of sp³-hybridized carbons (Fsp3) is 0.219. The first kappa shape index (κ1) is 29.7. The molecule has 212 valence electrons. The van der Waals surface area contributed by atoms with Crippen molar-refractivity contribution in [1.29, 1.82) is 0 Å². The van der Waals surface area contributed by atoms with E-state index in [1.165, 1.54) is 23.9 Å². The van der Waals surface area contributed by atoms with Crippen LogP contribution in [0.3, 0.4) is 0 Å². The highest BCUT2D eigenvalue weighted by atomic mass is 32.2. The van der Waals surface area contributed by atoms with E-state index in [0.717, 1.165) is 28.4 Å². The highest BCUT2D eigenvalue weighted by Gasteiger charge is 2.23. The van der Waals surface area contributed by atoms with Crippen LogP contribution in [0.2, 0.25) is 0 Å². The molecule has 1 amide bonds. The lowest BCUT2D eigenvalue weighted by Crippen LogP contribution is -2.41. The molecule has 0 saturated carbocycles. The number of pyridine rings is 1. The van der Waals surface area contributed by atoms with Gasteiger partial charge in [0, 0.05) is 30.9 Å². The third kappa shape index (κ3) is 7.91. The van der Waals surface area contributed by atoms with Crippen LogP contribution in [0.5, 0.6) is 0 Å². The second kappa shape index (κ2) is 13.9. The van der Waals surface area contributed by atoms with Gasteiger partial charge in [0.1, 0.15) is 17.7 Å². The zero-order valence-electron chi connectivity index (χ0n) is 22.8. The van der Waals surface area contributed by atoms with E-state index < -0.39 is 29.6 Å². The van der Waals surface area contributed by atoms with E-state index in [0.29, 0.717) is 35.4 Å². The largest absolute Gasteiger partial charge is 0.480 e. The minimum absolute atomic E-state index is 0.220. The van der Waals surface area contributed by atoms with Gasteiger partial charge in [0.15, 0.2) is 0 Å². The Kier molecular flexibility index (Phi) is 10.1. The minimum Gasteiger partial charge on any atom is -0.480 e. The van der Waals surface area contributed by atoms with Crippen LogP contribution in [-0.4, -0.2) is 40.0 Å². The van der Waals surface area contributed by atoms with E-state index >= 15 is 0 Å². The van der Waals surface area contributed by atoms with Crippen LogP contribution >= 0.6 is 11.8 Å². The van der Waals surface area contributed by atoms with Crippen LogP contribution < -0.4 is 10.2 Å². The van der Waals surface area contributed by atoms with Gasteiger partial charge in [0.25, 0.3) is 5.91 Å². The van der Waals surface area contributed by atoms with E-state index in [9.17, 15) is 23.5 Å². The SMILES string of the molecule is CSCCC(NC(=O)c1ccc(CN(Cc2cc(F)cc(F)c2)c2cccnc2)cc1-c1ccccc1C)C(=O)O. The van der Waals surface area contributed by atoms with Gasteiger partial charge in [0.05, 0.1) is 11.9 Å². The number of thioether (sulfide) groups is 1. The van der Waals surface area contributed by atoms with E-state index in [1.807, 2.05) is 60.5 Å². The van der Waals surface area contributed by atoms with Gasteiger partial charge in [-0.25, -0.2) is 13.6 Å². The minimum atomic E-state index is -1.08. The molecule has 4 rings (SSSR count). The molecule has 0 spiro atoms. The molecule has 3 aromatic carbocycles. The van der Waals surface area contributed by atoms with E-state index in [2.05, 4.69) is 10.3 Å². The van der Waals surface area contributed by atoms with Gasteiger partial charge in [-0.15, -0.1) is 0 Å². The number of benzene rings is 3. The quantitative estimate of drug-likeness (QED) is 0.201. The molecular weight excluding hydrogens is 544 g/mol. The lowest BCUT2D eigenvalue weighted by Gasteiger charge is -2.26. The Hall–Kier alpha value is -4.24. The van der Waals surface area contributed by atoms with Crippen LogP contribution in [-0.2, 0) is 17.9 Å². The maximum atomic E-state index is 14.0. The van der Waals surface area contributed by atoms with Gasteiger partial charge in [-0.2, -0.15) is 11.8 Å². The van der Waals surface area contributed by atoms with Crippen molar-refractivity contribution in [2.75, 3.05) is 16.9 Å². The maximum absolute atomic E-state index is 14.0. The number of carboxylic acid groups (broad SMARTS) is 1. The summed E-state index contributed by atoms with van der Waals surface area (Å²) in [6.45, 7) is 2.52. The number of carboxylic acids is 1. The third-order valence-electron chi connectivity index (χ3n) is 6.66. The molecule has 0 fully saturated rings. The van der Waals surface area contributed by atoms with Crippen molar-refractivity contribution >= 4 is 29.3 Å². The molecule has 41 heavy (non-hydrogen) atoms. The number of nitrogens with one attached hydrogen (secondary N) is 1. The first-order chi connectivity index (χ1) is 19.7. The number of halogens is 2. The van der Waals surface area contributed by atoms with Gasteiger partial charge in [0.2, 0.25) is 0 Å². The number of carbonyl (C=O) groups is 2. The summed E-state index contributed by atoms with van der Waals surface area (Å²) in [6.07, 6.45) is 5.52. The molecule has 0 aliphatic rings. The molecule has 6 nitrogen and oxygen atoms in total. The van der Waals surface area contributed by atoms with Gasteiger partial charge >= 0.3 is 5.97 Å². The average Bonchev–Trinajstić information content (AvgIpc) is 2.95. The third-order valence-corrected chi connectivity index (χ3v) is 7.30. The predicted molar refractivity (Wildman–Crippen MR) is 159 cm³/mol. The van der Waals surface area contributed by atoms with Crippen LogP contribution in [0.4, 0.5) is 14.5 Å². The van der Waals surface area contributed by atoms with E-state index in [-0.39, 0.29) is 6.54 Å². The smallest absolute Gasteiger partial charge is 0.326 e. The number of rotatable bonds is 12. The van der Waals surface area contributed by atoms with Crippen molar-refractivity contribution in [3.05, 3.63) is 119 Å². The lowest BCUT2D eigenvalue weighted by atomic mass is 9.93. The number of nitrogens with zero attached hydrogens (tertiary/aromatic N) is 2. The number of hydrogen-bond acceptors (Lipinski definition) is 5. The summed E-state index contributed by atoms with van der Waals surface area (Å²) < 4.78 is 27.9. The number of anilines is 1. The van der Waals surface area contributed by atoms with Gasteiger partial charge < -0.3 is 15.3 Å². The molecule has 0 radical (unpaired) electrons. The van der Waals surface area contributed by atoms with Crippen LogP contribution in [0, 0.1) is 18.6 Å². The Labute approximate surface area is 242 Å². The summed E-state index contributed by atoms with van der Waals surface area (Å²) in [5.41, 5.74) is 4.89. The zero-order valence-corrected chi connectivity index (χ0v) is 23.6. The van der Waals surface area contributed by atoms with Crippen LogP contribution in [0.15, 0.2) is 85.2 Å². The highest BCUT2D eigenvalue weighted by molar-refractivity contribution is 7.98. The summed E-state index contributed by atoms with van der Waals surface area (Å²) in [7, 11) is 0. The molecule has 2 N–H and O–H groups in total. The number of amides is 1. The summed E-state index contributed by atoms with van der Waals surface area (Å²) in [5.74, 6) is -2.26. The molecular formula is C32H31F2N3O3S. The fourth-order valence-electron chi connectivity index (χ4n) is 4.64. The Balaban J connectivity index is 1.72. The Morgan fingerprint density at radius 1 is 0.951 bits per heavy atom. The number of carbonyl (C=O) groups excluding carboxylic acids is 1. The molecule has 9 heteroatoms. The second-order valence-corrected chi connectivity index (χ2v) is 10.7. The number of hydrogen-bond donors (Lipinski definition) is 2. The average molecular weight is 576 g/mol. The number of aryl methyl sites for hydroxylation is 1. The molecule has 1 aromatic heterocycles. The molecule has 0 saturated heterocycles. The van der Waals surface area contributed by atoms with Gasteiger partial charge in [-0.05, 0) is 89.6 Å². The van der Waals surface area contributed by atoms with Crippen molar-refractivity contribution in [3.8, 4) is 11.1 Å². The molecule has 1 atom stereocenters. The van der Waals surface area contributed by atoms with Gasteiger partial charge in [-0.3, -0.25) is 9.78 Å². The van der Waals surface area contributed by atoms with Crippen molar-refractivity contribution < 1.29 is 23.5 Å². The number of aliphatic carboxylic acids is 1. The summed E-state index contributed by atoms with van der Waals surface area (Å²) in [6, 6.07) is 19.2. The fourth-order valence-corrected chi connectivity index (χ4v) is 5.11. The lowest BCUT2D eigenvalue weighted by molar-refractivity contribution is -0.139. The summed E-state index contributed by atoms with van der Waals surface area (Å²) in [5, 5.41) is 12.3. The molecule has 0 aliphatic heterocycles. The standard InChI is InChI=1S/C32H31F2N3O3S/c1-21-6-3-4-8-27(21)29-16-22(9-10-28(29)31(38)36-30(32(39)40)11-13-41-2)19-37(26-7-5-12-35-18-26)20-23-14-24(33)17-25(34)15-23/h3-10,12,14-18,30H,11,13,19-20H2,1-2H3,(H,36,38)(H,39,40). The van der Waals surface area contributed by atoms with Crippen LogP contribution in [0.1, 0.15) is 33.5 Å². The van der Waals surface area contributed by atoms with Crippen molar-refractivity contribution in [2.24, 2.45) is 0 Å². The highest BCUT2D eigenvalue weighted by Crippen LogP contribution is 2.30. The molecule has 4 aromatic rings. The first-order valence-electron chi connectivity index (χ1n) is 13.1. The molecule has 0 aliphatic carbocycles. The predicted octanol–water partition coefficient (Wildman–Crippen LogP) is 6.48. The Morgan fingerprint density at radius 2 is 1.68 bits per heavy atom. The molecule has 1 unspecified atom stereocenters. The van der Waals surface area contributed by atoms with E-state index in [1.54, 1.807) is 24.5 Å². The van der Waals surface area contributed by atoms with E-state index in [4.69, 9.17) is 0 Å². The molecule has 1 heterocycles. The first-order valence-corrected chi connectivity index (χ1v) is 14.5. The van der Waals surface area contributed by atoms with Crippen molar-refractivity contribution in [3.63, 3.8) is 0 Å². The van der Waals surface area contributed by atoms with Crippen molar-refractivity contribution in [1.82, 2.24) is 10.3 Å². The summed E-state index contributed by atoms with van der Waals surface area (Å²) >= 11 is 1.51. The zero-order chi connectivity index (χ0) is 29.4. The normalized spacial score (nSPS) is 11.6. The summed E-state index contributed by atoms with van der Waals surface area (Å²) in [4.78, 5) is 31.4. The monoisotopic (exact) mass is 575 g/mol.